The molecule has 0 aliphatic carbocycles. The van der Waals surface area contributed by atoms with Crippen LogP contribution >= 0.6 is 0 Å². The van der Waals surface area contributed by atoms with Gasteiger partial charge in [0, 0.05) is 6.92 Å². The third-order valence-electron chi connectivity index (χ3n) is 2.68. The fourth-order valence-corrected chi connectivity index (χ4v) is 1.34. The van der Waals surface area contributed by atoms with Gasteiger partial charge in [0.2, 0.25) is 5.91 Å². The van der Waals surface area contributed by atoms with Crippen molar-refractivity contribution in [2.75, 3.05) is 26.2 Å². The van der Waals surface area contributed by atoms with E-state index in [1.54, 1.807) is 0 Å². The molecule has 13 heavy (non-hydrogen) atoms. The molecule has 3 nitrogen and oxygen atoms in total. The third kappa shape index (κ3) is 7.78. The number of hydrogen-bond acceptors (Lipinski definition) is 1. The Morgan fingerprint density at radius 2 is 1.15 bits per heavy atom. The highest BCUT2D eigenvalue weighted by atomic mass is 16.1. The molecule has 0 bridgehead atoms. The lowest BCUT2D eigenvalue weighted by Crippen LogP contribution is -2.47. The summed E-state index contributed by atoms with van der Waals surface area (Å²) in [6.45, 7) is 15.5. The number of rotatable bonds is 4. The Morgan fingerprint density at radius 1 is 1.00 bits per heavy atom. The molecule has 0 aromatic rings. The van der Waals surface area contributed by atoms with Gasteiger partial charge in [-0.2, -0.15) is 0 Å². The summed E-state index contributed by atoms with van der Waals surface area (Å²) in [5, 5.41) is 0. The average Bonchev–Trinajstić information content (AvgIpc) is 2.09. The van der Waals surface area contributed by atoms with E-state index in [0.717, 1.165) is 0 Å². The Labute approximate surface area is 82.5 Å². The van der Waals surface area contributed by atoms with E-state index >= 15 is 0 Å². The summed E-state index contributed by atoms with van der Waals surface area (Å²) in [7, 11) is 0. The molecule has 80 valence electrons. The summed E-state index contributed by atoms with van der Waals surface area (Å²) >= 11 is 0. The topological polar surface area (TPSA) is 43.1 Å². The molecule has 0 rings (SSSR count). The SMILES string of the molecule is CC(N)=O.CC[N+](CC)(CC)CC. The zero-order valence-electron chi connectivity index (χ0n) is 9.76. The van der Waals surface area contributed by atoms with E-state index in [0.29, 0.717) is 0 Å². The third-order valence-corrected chi connectivity index (χ3v) is 2.68. The minimum atomic E-state index is -0.333. The van der Waals surface area contributed by atoms with E-state index in [1.165, 1.54) is 37.6 Å². The predicted molar refractivity (Wildman–Crippen MR) is 57.3 cm³/mol. The molecule has 0 aromatic carbocycles. The van der Waals surface area contributed by atoms with Crippen LogP contribution in [0.25, 0.3) is 0 Å². The van der Waals surface area contributed by atoms with Gasteiger partial charge in [-0.3, -0.25) is 4.79 Å². The maximum Gasteiger partial charge on any atom is 0.214 e. The standard InChI is InChI=1S/C8H20N.C2H5NO/c1-5-9(6-2,7-3)8-4;1-2(3)4/h5-8H2,1-4H3;1H3,(H2,3,4)/q+1;. The molecule has 3 heteroatoms. The molecule has 0 unspecified atom stereocenters. The summed E-state index contributed by atoms with van der Waals surface area (Å²) in [5.41, 5.74) is 4.47. The summed E-state index contributed by atoms with van der Waals surface area (Å²) < 4.78 is 1.28. The zero-order valence-corrected chi connectivity index (χ0v) is 9.76. The molecule has 0 saturated carbocycles. The lowest BCUT2D eigenvalue weighted by atomic mass is 10.3. The molecule has 1 amide bonds. The monoisotopic (exact) mass is 189 g/mol. The van der Waals surface area contributed by atoms with Crippen LogP contribution < -0.4 is 5.73 Å². The van der Waals surface area contributed by atoms with Gasteiger partial charge in [0.1, 0.15) is 0 Å². The smallest absolute Gasteiger partial charge is 0.214 e. The molecule has 0 radical (unpaired) electrons. The maximum atomic E-state index is 9.22. The van der Waals surface area contributed by atoms with Crippen molar-refractivity contribution < 1.29 is 9.28 Å². The molecule has 0 aliphatic heterocycles. The average molecular weight is 189 g/mol. The van der Waals surface area contributed by atoms with Crippen molar-refractivity contribution in [2.24, 2.45) is 5.73 Å². The highest BCUT2D eigenvalue weighted by Gasteiger charge is 2.16. The van der Waals surface area contributed by atoms with Gasteiger partial charge < -0.3 is 10.2 Å². The minimum absolute atomic E-state index is 0.333. The molecule has 0 fully saturated rings. The van der Waals surface area contributed by atoms with Crippen LogP contribution in [-0.4, -0.2) is 36.6 Å². The predicted octanol–water partition coefficient (Wildman–Crippen LogP) is 1.37. The molecule has 0 spiro atoms. The van der Waals surface area contributed by atoms with Crippen LogP contribution in [0.2, 0.25) is 0 Å². The fraction of sp³-hybridized carbons (Fsp3) is 0.900. The number of primary amides is 1. The second-order valence-corrected chi connectivity index (χ2v) is 3.22. The van der Waals surface area contributed by atoms with Crippen molar-refractivity contribution in [2.45, 2.75) is 34.6 Å². The first-order chi connectivity index (χ1) is 5.97. The van der Waals surface area contributed by atoms with Gasteiger partial charge in [0.25, 0.3) is 0 Å². The van der Waals surface area contributed by atoms with Crippen molar-refractivity contribution in [3.8, 4) is 0 Å². The molecular weight excluding hydrogens is 164 g/mol. The van der Waals surface area contributed by atoms with Crippen molar-refractivity contribution in [3.05, 3.63) is 0 Å². The van der Waals surface area contributed by atoms with E-state index in [-0.39, 0.29) is 5.91 Å². The van der Waals surface area contributed by atoms with Gasteiger partial charge in [-0.05, 0) is 27.7 Å². The van der Waals surface area contributed by atoms with Gasteiger partial charge in [0.05, 0.1) is 26.2 Å². The van der Waals surface area contributed by atoms with Crippen molar-refractivity contribution in [3.63, 3.8) is 0 Å². The maximum absolute atomic E-state index is 9.22. The summed E-state index contributed by atoms with van der Waals surface area (Å²) in [4.78, 5) is 9.22. The normalized spacial score (nSPS) is 10.2. The molecule has 0 atom stereocenters. The van der Waals surface area contributed by atoms with Crippen LogP contribution in [0.1, 0.15) is 34.6 Å². The molecule has 0 aromatic heterocycles. The highest BCUT2D eigenvalue weighted by Crippen LogP contribution is 2.03. The Bertz CT molecular complexity index is 109. The minimum Gasteiger partial charge on any atom is -0.370 e. The zero-order chi connectivity index (χ0) is 10.9. The summed E-state index contributed by atoms with van der Waals surface area (Å²) in [6.07, 6.45) is 0. The number of nitrogens with two attached hydrogens (primary N) is 1. The first-order valence-corrected chi connectivity index (χ1v) is 5.09. The van der Waals surface area contributed by atoms with Crippen molar-refractivity contribution in [1.82, 2.24) is 0 Å². The number of amides is 1. The van der Waals surface area contributed by atoms with Crippen LogP contribution in [0.15, 0.2) is 0 Å². The number of carbonyl (C=O) groups excluding carboxylic acids is 1. The Morgan fingerprint density at radius 3 is 1.15 bits per heavy atom. The lowest BCUT2D eigenvalue weighted by Gasteiger charge is -2.34. The largest absolute Gasteiger partial charge is 0.370 e. The summed E-state index contributed by atoms with van der Waals surface area (Å²) in [6, 6.07) is 0. The number of nitrogens with zero attached hydrogens (tertiary/aromatic N) is 1. The fourth-order valence-electron chi connectivity index (χ4n) is 1.34. The van der Waals surface area contributed by atoms with Gasteiger partial charge in [0.15, 0.2) is 0 Å². The molecule has 0 saturated heterocycles. The van der Waals surface area contributed by atoms with E-state index in [9.17, 15) is 4.79 Å². The van der Waals surface area contributed by atoms with Crippen LogP contribution in [-0.2, 0) is 4.79 Å². The highest BCUT2D eigenvalue weighted by molar-refractivity contribution is 5.70. The van der Waals surface area contributed by atoms with Crippen molar-refractivity contribution >= 4 is 5.91 Å². The van der Waals surface area contributed by atoms with Crippen LogP contribution in [0, 0.1) is 0 Å². The molecule has 0 heterocycles. The van der Waals surface area contributed by atoms with Crippen LogP contribution in [0.4, 0.5) is 0 Å². The van der Waals surface area contributed by atoms with Gasteiger partial charge in [-0.25, -0.2) is 0 Å². The van der Waals surface area contributed by atoms with Gasteiger partial charge >= 0.3 is 0 Å². The van der Waals surface area contributed by atoms with Crippen LogP contribution in [0.5, 0.6) is 0 Å². The van der Waals surface area contributed by atoms with E-state index in [1.807, 2.05) is 0 Å². The first-order valence-electron chi connectivity index (χ1n) is 5.09. The summed E-state index contributed by atoms with van der Waals surface area (Å²) in [5.74, 6) is -0.333. The second kappa shape index (κ2) is 8.05. The molecule has 0 aliphatic rings. The van der Waals surface area contributed by atoms with E-state index in [4.69, 9.17) is 0 Å². The van der Waals surface area contributed by atoms with Crippen LogP contribution in [0.3, 0.4) is 0 Å². The molecular formula is C10H25N2O+. The lowest BCUT2D eigenvalue weighted by molar-refractivity contribution is -0.921. The Kier molecular flexibility index (Phi) is 9.24. The van der Waals surface area contributed by atoms with Crippen molar-refractivity contribution in [1.29, 1.82) is 0 Å². The number of hydrogen-bond donors (Lipinski definition) is 1. The van der Waals surface area contributed by atoms with Gasteiger partial charge in [-0.1, -0.05) is 0 Å². The Hall–Kier alpha value is -0.570. The number of carbonyl (C=O) groups is 1. The Balaban J connectivity index is 0. The second-order valence-electron chi connectivity index (χ2n) is 3.22. The molecule has 2 N–H and O–H groups in total. The van der Waals surface area contributed by atoms with Gasteiger partial charge in [-0.15, -0.1) is 0 Å². The van der Waals surface area contributed by atoms with E-state index < -0.39 is 0 Å². The number of quaternary nitrogens is 1. The first kappa shape index (κ1) is 14.9. The quantitative estimate of drug-likeness (QED) is 0.667. The van der Waals surface area contributed by atoms with E-state index in [2.05, 4.69) is 33.4 Å².